The third-order valence-electron chi connectivity index (χ3n) is 2.81. The summed E-state index contributed by atoms with van der Waals surface area (Å²) in [7, 11) is 1.74. The molecule has 1 unspecified atom stereocenters. The van der Waals surface area contributed by atoms with Crippen LogP contribution in [0.1, 0.15) is 12.8 Å². The maximum Gasteiger partial charge on any atom is 0.0666 e. The molecule has 1 N–H and O–H groups in total. The fourth-order valence-corrected chi connectivity index (χ4v) is 2.69. The van der Waals surface area contributed by atoms with E-state index in [9.17, 15) is 0 Å². The SMILES string of the molecule is COCC(Nc1ccc(I)cc1Cl)C1CC1. The van der Waals surface area contributed by atoms with Crippen LogP contribution < -0.4 is 5.32 Å². The van der Waals surface area contributed by atoms with Gasteiger partial charge < -0.3 is 10.1 Å². The molecule has 2 rings (SSSR count). The minimum Gasteiger partial charge on any atom is -0.383 e. The fraction of sp³-hybridized carbons (Fsp3) is 0.500. The van der Waals surface area contributed by atoms with Crippen molar-refractivity contribution < 1.29 is 4.74 Å². The fourth-order valence-electron chi connectivity index (χ4n) is 1.78. The number of halogens is 2. The first-order chi connectivity index (χ1) is 7.70. The van der Waals surface area contributed by atoms with E-state index < -0.39 is 0 Å². The second-order valence-corrected chi connectivity index (χ2v) is 5.82. The van der Waals surface area contributed by atoms with Gasteiger partial charge in [-0.3, -0.25) is 0 Å². The van der Waals surface area contributed by atoms with Gasteiger partial charge in [-0.05, 0) is 59.5 Å². The number of anilines is 1. The minimum absolute atomic E-state index is 0.391. The molecule has 4 heteroatoms. The summed E-state index contributed by atoms with van der Waals surface area (Å²) in [5.41, 5.74) is 1.01. The molecule has 1 fully saturated rings. The van der Waals surface area contributed by atoms with Crippen molar-refractivity contribution in [3.05, 3.63) is 26.8 Å². The van der Waals surface area contributed by atoms with Gasteiger partial charge in [0.15, 0.2) is 0 Å². The highest BCUT2D eigenvalue weighted by Gasteiger charge is 2.31. The van der Waals surface area contributed by atoms with E-state index in [0.717, 1.165) is 26.8 Å². The van der Waals surface area contributed by atoms with E-state index >= 15 is 0 Å². The van der Waals surface area contributed by atoms with Crippen molar-refractivity contribution in [2.45, 2.75) is 18.9 Å². The maximum absolute atomic E-state index is 6.19. The molecule has 1 atom stereocenters. The summed E-state index contributed by atoms with van der Waals surface area (Å²) in [6.45, 7) is 0.743. The molecule has 1 aromatic carbocycles. The van der Waals surface area contributed by atoms with Crippen molar-refractivity contribution in [3.8, 4) is 0 Å². The number of benzene rings is 1. The predicted octanol–water partition coefficient (Wildman–Crippen LogP) is 3.78. The van der Waals surface area contributed by atoms with Crippen molar-refractivity contribution in [3.63, 3.8) is 0 Å². The lowest BCUT2D eigenvalue weighted by atomic mass is 10.2. The molecule has 16 heavy (non-hydrogen) atoms. The van der Waals surface area contributed by atoms with E-state index in [1.165, 1.54) is 12.8 Å². The van der Waals surface area contributed by atoms with Crippen LogP contribution >= 0.6 is 34.2 Å². The monoisotopic (exact) mass is 351 g/mol. The summed E-state index contributed by atoms with van der Waals surface area (Å²) in [6.07, 6.45) is 2.59. The highest BCUT2D eigenvalue weighted by Crippen LogP contribution is 2.35. The first-order valence-corrected chi connectivity index (χ1v) is 6.87. The van der Waals surface area contributed by atoms with Gasteiger partial charge in [0.25, 0.3) is 0 Å². The molecule has 88 valence electrons. The summed E-state index contributed by atoms with van der Waals surface area (Å²) < 4.78 is 6.39. The van der Waals surface area contributed by atoms with Crippen LogP contribution in [0.3, 0.4) is 0 Å². The van der Waals surface area contributed by atoms with Crippen molar-refractivity contribution in [1.29, 1.82) is 0 Å². The Morgan fingerprint density at radius 2 is 2.31 bits per heavy atom. The Balaban J connectivity index is 2.05. The molecule has 1 aliphatic rings. The van der Waals surface area contributed by atoms with E-state index in [2.05, 4.69) is 34.0 Å². The third kappa shape index (κ3) is 3.25. The Bertz CT molecular complexity index is 368. The normalized spacial score (nSPS) is 17.2. The van der Waals surface area contributed by atoms with E-state index in [-0.39, 0.29) is 0 Å². The Hall–Kier alpha value is -0.0000000000000000555. The van der Waals surface area contributed by atoms with Crippen LogP contribution in [-0.4, -0.2) is 19.8 Å². The zero-order valence-corrected chi connectivity index (χ0v) is 12.1. The Morgan fingerprint density at radius 3 is 2.88 bits per heavy atom. The Kier molecular flexibility index (Phi) is 4.33. The zero-order valence-electron chi connectivity index (χ0n) is 9.17. The maximum atomic E-state index is 6.19. The van der Waals surface area contributed by atoms with E-state index in [0.29, 0.717) is 6.04 Å². The number of methoxy groups -OCH3 is 1. The first-order valence-electron chi connectivity index (χ1n) is 5.41. The van der Waals surface area contributed by atoms with Crippen LogP contribution in [0.15, 0.2) is 18.2 Å². The summed E-state index contributed by atoms with van der Waals surface area (Å²) >= 11 is 8.45. The Labute approximate surface area is 115 Å². The van der Waals surface area contributed by atoms with Crippen LogP contribution in [-0.2, 0) is 4.74 Å². The van der Waals surface area contributed by atoms with Gasteiger partial charge in [-0.25, -0.2) is 0 Å². The van der Waals surface area contributed by atoms with Crippen LogP contribution in [0.4, 0.5) is 5.69 Å². The lowest BCUT2D eigenvalue weighted by molar-refractivity contribution is 0.179. The molecule has 0 amide bonds. The molecule has 2 nitrogen and oxygen atoms in total. The standard InChI is InChI=1S/C12H15ClINO/c1-16-7-12(8-2-3-8)15-11-5-4-9(14)6-10(11)13/h4-6,8,12,15H,2-3,7H2,1H3. The average molecular weight is 352 g/mol. The summed E-state index contributed by atoms with van der Waals surface area (Å²) in [6, 6.07) is 6.46. The van der Waals surface area contributed by atoms with Crippen LogP contribution in [0.5, 0.6) is 0 Å². The van der Waals surface area contributed by atoms with Gasteiger partial charge in [-0.15, -0.1) is 0 Å². The number of nitrogens with one attached hydrogen (secondary N) is 1. The molecule has 1 saturated carbocycles. The smallest absolute Gasteiger partial charge is 0.0666 e. The molecule has 0 aromatic heterocycles. The van der Waals surface area contributed by atoms with E-state index in [1.54, 1.807) is 7.11 Å². The number of hydrogen-bond donors (Lipinski definition) is 1. The Morgan fingerprint density at radius 1 is 1.56 bits per heavy atom. The van der Waals surface area contributed by atoms with Gasteiger partial charge in [0.2, 0.25) is 0 Å². The van der Waals surface area contributed by atoms with E-state index in [1.807, 2.05) is 12.1 Å². The summed E-state index contributed by atoms with van der Waals surface area (Å²) in [4.78, 5) is 0. The number of rotatable bonds is 5. The molecule has 1 aromatic rings. The molecule has 0 radical (unpaired) electrons. The third-order valence-corrected chi connectivity index (χ3v) is 3.79. The highest BCUT2D eigenvalue weighted by molar-refractivity contribution is 14.1. The molecule has 0 bridgehead atoms. The van der Waals surface area contributed by atoms with Gasteiger partial charge in [0.05, 0.1) is 23.4 Å². The van der Waals surface area contributed by atoms with Gasteiger partial charge >= 0.3 is 0 Å². The molecule has 1 aliphatic carbocycles. The van der Waals surface area contributed by atoms with Crippen molar-refractivity contribution in [1.82, 2.24) is 0 Å². The van der Waals surface area contributed by atoms with Gasteiger partial charge in [-0.1, -0.05) is 11.6 Å². The highest BCUT2D eigenvalue weighted by atomic mass is 127. The minimum atomic E-state index is 0.391. The van der Waals surface area contributed by atoms with Crippen LogP contribution in [0.2, 0.25) is 5.02 Å². The van der Waals surface area contributed by atoms with Gasteiger partial charge in [0.1, 0.15) is 0 Å². The molecule has 0 heterocycles. The molecular weight excluding hydrogens is 336 g/mol. The second kappa shape index (κ2) is 5.56. The van der Waals surface area contributed by atoms with Crippen LogP contribution in [0, 0.1) is 9.49 Å². The molecule has 0 saturated heterocycles. The van der Waals surface area contributed by atoms with Gasteiger partial charge in [-0.2, -0.15) is 0 Å². The topological polar surface area (TPSA) is 21.3 Å². The lowest BCUT2D eigenvalue weighted by Crippen LogP contribution is -2.27. The van der Waals surface area contributed by atoms with Crippen molar-refractivity contribution in [2.75, 3.05) is 19.0 Å². The lowest BCUT2D eigenvalue weighted by Gasteiger charge is -2.19. The van der Waals surface area contributed by atoms with Crippen molar-refractivity contribution in [2.24, 2.45) is 5.92 Å². The number of ether oxygens (including phenoxy) is 1. The zero-order chi connectivity index (χ0) is 11.5. The average Bonchev–Trinajstić information content (AvgIpc) is 3.04. The predicted molar refractivity (Wildman–Crippen MR) is 76.2 cm³/mol. The first kappa shape index (κ1) is 12.5. The van der Waals surface area contributed by atoms with Crippen molar-refractivity contribution >= 4 is 39.9 Å². The molecule has 0 spiro atoms. The molecule has 0 aliphatic heterocycles. The summed E-state index contributed by atoms with van der Waals surface area (Å²) in [5.74, 6) is 0.746. The van der Waals surface area contributed by atoms with E-state index in [4.69, 9.17) is 16.3 Å². The number of hydrogen-bond acceptors (Lipinski definition) is 2. The largest absolute Gasteiger partial charge is 0.383 e. The molecular formula is C12H15ClINO. The van der Waals surface area contributed by atoms with Crippen LogP contribution in [0.25, 0.3) is 0 Å². The second-order valence-electron chi connectivity index (χ2n) is 4.17. The quantitative estimate of drug-likeness (QED) is 0.815. The van der Waals surface area contributed by atoms with Gasteiger partial charge in [0, 0.05) is 10.7 Å². The summed E-state index contributed by atoms with van der Waals surface area (Å²) in [5, 5.41) is 4.26.